The van der Waals surface area contributed by atoms with Gasteiger partial charge in [-0.05, 0) is 0 Å². The molecule has 28 heteroatoms. The highest BCUT2D eigenvalue weighted by Gasteiger charge is 2.47. The Morgan fingerprint density at radius 3 is 0.386 bits per heavy atom. The normalized spacial score (nSPS) is 12.2. The van der Waals surface area contributed by atoms with Crippen molar-refractivity contribution in [2.24, 2.45) is 0 Å². The van der Waals surface area contributed by atoms with Crippen molar-refractivity contribution < 1.29 is 119 Å². The number of halogens is 27. The quantitative estimate of drug-likeness (QED) is 0.0544. The summed E-state index contributed by atoms with van der Waals surface area (Å²) in [6, 6.07) is 0. The number of rotatable bonds is 3. The van der Waals surface area contributed by atoms with Crippen LogP contribution in [0.3, 0.4) is 0 Å². The fraction of sp³-hybridized carbons (Fsp3) is 0. The minimum Gasteiger partial charge on any atom is -0.206 e. The third-order valence-electron chi connectivity index (χ3n) is 11.4. The fourth-order valence-corrected chi connectivity index (χ4v) is 12.2. The first-order valence-electron chi connectivity index (χ1n) is 18.0. The average Bonchev–Trinajstić information content (AvgIpc) is 3.32. The molecule has 9 aromatic carbocycles. The third kappa shape index (κ3) is 5.70. The number of hydrogen-bond acceptors (Lipinski definition) is 0. The second-order valence-corrected chi connectivity index (χ2v) is 17.2. The Hall–Kier alpha value is -6.82. The third-order valence-corrected chi connectivity index (χ3v) is 14.7. The first-order valence-corrected chi connectivity index (χ1v) is 19.7. The van der Waals surface area contributed by atoms with Gasteiger partial charge in [0.05, 0.1) is 48.5 Å². The molecule has 70 heavy (non-hydrogen) atoms. The monoisotopic (exact) mass is 1040 g/mol. The van der Waals surface area contributed by atoms with E-state index in [0.717, 1.165) is 0 Å². The molecule has 0 saturated carbocycles. The molecule has 0 N–H and O–H groups in total. The van der Waals surface area contributed by atoms with Crippen molar-refractivity contribution in [2.75, 3.05) is 0 Å². The van der Waals surface area contributed by atoms with Crippen LogP contribution in [0.1, 0.15) is 0 Å². The van der Waals surface area contributed by atoms with Crippen molar-refractivity contribution >= 4 is 92.1 Å². The molecule has 0 atom stereocenters. The van der Waals surface area contributed by atoms with Crippen molar-refractivity contribution in [3.05, 3.63) is 157 Å². The van der Waals surface area contributed by atoms with Gasteiger partial charge in [0, 0.05) is 16.2 Å². The minimum atomic E-state index is -7.28. The van der Waals surface area contributed by atoms with Crippen LogP contribution < -0.4 is 13.3 Å². The molecule has 0 fully saturated rings. The predicted octanol–water partition coefficient (Wildman–Crippen LogP) is 12.9. The number of fused-ring (bicyclic) bond motifs is 6. The van der Waals surface area contributed by atoms with E-state index < -0.39 is 249 Å². The summed E-state index contributed by atoms with van der Waals surface area (Å²) in [4.78, 5) is 0. The van der Waals surface area contributed by atoms with E-state index in [9.17, 15) is 26.3 Å². The maximum Gasteiger partial charge on any atom is 0.401 e. The van der Waals surface area contributed by atoms with Gasteiger partial charge in [-0.1, -0.05) is 13.3 Å². The van der Waals surface area contributed by atoms with Crippen molar-refractivity contribution in [3.8, 4) is 0 Å². The van der Waals surface area contributed by atoms with Gasteiger partial charge in [0.2, 0.25) is 0 Å². The summed E-state index contributed by atoms with van der Waals surface area (Å²) in [5.74, 6) is -87.8. The molecule has 0 aliphatic rings. The predicted molar refractivity (Wildman–Crippen MR) is 188 cm³/mol. The van der Waals surface area contributed by atoms with Crippen LogP contribution in [-0.2, 0) is 0 Å². The van der Waals surface area contributed by atoms with Crippen molar-refractivity contribution in [3.63, 3.8) is 0 Å². The standard InChI is InChI=1S/3C14F9.Al/c3*15-3-1-2-4(10(19)8(3)17)9(18)6-5(7(2)16)11(20)13(22)14(23)12(6)21;. The van der Waals surface area contributed by atoms with Crippen LogP contribution in [0.2, 0.25) is 0 Å². The smallest absolute Gasteiger partial charge is 0.206 e. The highest BCUT2D eigenvalue weighted by atomic mass is 27.2. The average molecular weight is 1040 g/mol. The zero-order chi connectivity index (χ0) is 51.8. The second kappa shape index (κ2) is 15.6. The first kappa shape index (κ1) is 48.2. The molecular formula is C42AlF27. The molecule has 0 aromatic heterocycles. The van der Waals surface area contributed by atoms with E-state index in [1.165, 1.54) is 0 Å². The maximum atomic E-state index is 17.0. The summed E-state index contributed by atoms with van der Waals surface area (Å²) < 4.78 is 415. The topological polar surface area (TPSA) is 0 Å². The highest BCUT2D eigenvalue weighted by Crippen LogP contribution is 2.43. The molecule has 0 heterocycles. The molecule has 0 spiro atoms. The van der Waals surface area contributed by atoms with Crippen molar-refractivity contribution in [1.82, 2.24) is 0 Å². The minimum absolute atomic E-state index is 2.64. The molecule has 9 rings (SSSR count). The lowest BCUT2D eigenvalue weighted by Gasteiger charge is -2.25. The molecule has 0 radical (unpaired) electrons. The summed E-state index contributed by atoms with van der Waals surface area (Å²) in [5, 5.41) is -33.4. The Morgan fingerprint density at radius 1 is 0.114 bits per heavy atom. The Kier molecular flexibility index (Phi) is 10.7. The summed E-state index contributed by atoms with van der Waals surface area (Å²) in [5.41, 5.74) is 0. The lowest BCUT2D eigenvalue weighted by atomic mass is 9.98. The summed E-state index contributed by atoms with van der Waals surface area (Å²) in [7, 11) is 0. The molecule has 0 aliphatic heterocycles. The van der Waals surface area contributed by atoms with Gasteiger partial charge in [0.15, 0.2) is 122 Å². The van der Waals surface area contributed by atoms with E-state index in [4.69, 9.17) is 0 Å². The van der Waals surface area contributed by atoms with Crippen LogP contribution in [0.4, 0.5) is 119 Å². The zero-order valence-corrected chi connectivity index (χ0v) is 32.9. The zero-order valence-electron chi connectivity index (χ0n) is 31.8. The second-order valence-electron chi connectivity index (χ2n) is 14.7. The molecule has 0 saturated heterocycles. The van der Waals surface area contributed by atoms with Gasteiger partial charge in [-0.15, -0.1) is 0 Å². The summed E-state index contributed by atoms with van der Waals surface area (Å²) >= 11 is -7.28. The van der Waals surface area contributed by atoms with Crippen LogP contribution >= 0.6 is 0 Å². The van der Waals surface area contributed by atoms with Crippen LogP contribution in [-0.4, -0.2) is 14.1 Å². The van der Waals surface area contributed by atoms with E-state index in [1.54, 1.807) is 0 Å². The maximum absolute atomic E-state index is 17.0. The molecule has 0 amide bonds. The van der Waals surface area contributed by atoms with Gasteiger partial charge in [0.25, 0.3) is 0 Å². The Balaban J connectivity index is 1.71. The van der Waals surface area contributed by atoms with Crippen LogP contribution in [0.15, 0.2) is 0 Å². The van der Waals surface area contributed by atoms with Gasteiger partial charge in [-0.2, -0.15) is 0 Å². The van der Waals surface area contributed by atoms with E-state index >= 15 is 92.2 Å². The molecule has 0 unspecified atom stereocenters. The summed E-state index contributed by atoms with van der Waals surface area (Å²) in [6.07, 6.45) is 0. The van der Waals surface area contributed by atoms with E-state index in [-0.39, 0.29) is 0 Å². The highest BCUT2D eigenvalue weighted by molar-refractivity contribution is 6.99. The SMILES string of the molecule is Fc1c(F)c(F)c2c(F)c3[c]([Al]([c]4c(F)c(F)c(F)c5c(F)c6c(F)c(F)c(F)c(F)c6c(F)c45)[c]4c(F)c(F)c(F)c5c(F)c6c(F)c(F)c(F)c(F)c6c(F)c45)c(F)c(F)c(F)c3c(F)c2c1F. The molecule has 9 aromatic rings. The molecule has 0 nitrogen and oxygen atoms in total. The lowest BCUT2D eigenvalue weighted by Crippen LogP contribution is -2.58. The van der Waals surface area contributed by atoms with Crippen LogP contribution in [0, 0.1) is 157 Å². The van der Waals surface area contributed by atoms with Gasteiger partial charge < -0.3 is 0 Å². The van der Waals surface area contributed by atoms with Crippen LogP contribution in [0.5, 0.6) is 0 Å². The molecule has 0 aliphatic carbocycles. The molecule has 0 bridgehead atoms. The van der Waals surface area contributed by atoms with Gasteiger partial charge in [-0.25, -0.2) is 119 Å². The Bertz CT molecular complexity index is 3620. The van der Waals surface area contributed by atoms with Crippen molar-refractivity contribution in [2.45, 2.75) is 0 Å². The van der Waals surface area contributed by atoms with Gasteiger partial charge in [-0.3, -0.25) is 0 Å². The largest absolute Gasteiger partial charge is 0.401 e. The van der Waals surface area contributed by atoms with E-state index in [1.807, 2.05) is 0 Å². The number of hydrogen-bond donors (Lipinski definition) is 0. The Labute approximate surface area is 367 Å². The van der Waals surface area contributed by atoms with E-state index in [2.05, 4.69) is 0 Å². The van der Waals surface area contributed by atoms with Crippen molar-refractivity contribution in [1.29, 1.82) is 0 Å². The first-order chi connectivity index (χ1) is 32.6. The molecular weight excluding hydrogens is 1040 g/mol. The van der Waals surface area contributed by atoms with Gasteiger partial charge in [0.1, 0.15) is 34.9 Å². The van der Waals surface area contributed by atoms with E-state index in [0.29, 0.717) is 0 Å². The summed E-state index contributed by atoms with van der Waals surface area (Å²) in [6.45, 7) is 0. The molecule has 360 valence electrons. The van der Waals surface area contributed by atoms with Gasteiger partial charge >= 0.3 is 14.1 Å². The Morgan fingerprint density at radius 2 is 0.229 bits per heavy atom. The van der Waals surface area contributed by atoms with Crippen LogP contribution in [0.25, 0.3) is 64.6 Å². The fourth-order valence-electron chi connectivity index (χ4n) is 8.47. The lowest BCUT2D eigenvalue weighted by molar-refractivity contribution is 0.414. The number of benzene rings is 9.